The van der Waals surface area contributed by atoms with E-state index in [0.717, 1.165) is 0 Å². The van der Waals surface area contributed by atoms with Gasteiger partial charge >= 0.3 is 5.97 Å². The van der Waals surface area contributed by atoms with E-state index in [1.807, 2.05) is 6.07 Å². The molecule has 0 aliphatic rings. The number of benzene rings is 3. The number of ketones is 1. The fraction of sp³-hybridized carbons (Fsp3) is 0.125. The van der Waals surface area contributed by atoms with Gasteiger partial charge in [-0.1, -0.05) is 42.5 Å². The first kappa shape index (κ1) is 20.8. The molecule has 0 aliphatic carbocycles. The minimum atomic E-state index is -0.995. The maximum Gasteiger partial charge on any atom is 0.338 e. The van der Waals surface area contributed by atoms with E-state index in [1.54, 1.807) is 67.8 Å². The molecule has 3 aromatic carbocycles. The third kappa shape index (κ3) is 5.11. The van der Waals surface area contributed by atoms with Gasteiger partial charge in [-0.15, -0.1) is 0 Å². The molecule has 1 amide bonds. The maximum absolute atomic E-state index is 12.4. The predicted molar refractivity (Wildman–Crippen MR) is 113 cm³/mol. The molecule has 6 nitrogen and oxygen atoms in total. The molecule has 3 aromatic rings. The van der Waals surface area contributed by atoms with Gasteiger partial charge < -0.3 is 14.8 Å². The lowest BCUT2D eigenvalue weighted by Crippen LogP contribution is -2.30. The Hall–Kier alpha value is -3.93. The zero-order valence-corrected chi connectivity index (χ0v) is 16.6. The summed E-state index contributed by atoms with van der Waals surface area (Å²) in [6.07, 6.45) is -0.995. The highest BCUT2D eigenvalue weighted by Crippen LogP contribution is 2.16. The lowest BCUT2D eigenvalue weighted by Gasteiger charge is -2.14. The molecule has 3 rings (SSSR count). The Balaban J connectivity index is 1.59. The first-order chi connectivity index (χ1) is 14.5. The summed E-state index contributed by atoms with van der Waals surface area (Å²) in [4.78, 5) is 37.0. The van der Waals surface area contributed by atoms with Crippen LogP contribution in [0.2, 0.25) is 0 Å². The van der Waals surface area contributed by atoms with E-state index >= 15 is 0 Å². The number of nitrogens with one attached hydrogen (secondary N) is 1. The van der Waals surface area contributed by atoms with Crippen molar-refractivity contribution >= 4 is 23.3 Å². The molecule has 6 heteroatoms. The minimum Gasteiger partial charge on any atom is -0.497 e. The average Bonchev–Trinajstić information content (AvgIpc) is 2.79. The van der Waals surface area contributed by atoms with E-state index in [1.165, 1.54) is 19.1 Å². The average molecular weight is 403 g/mol. The molecule has 30 heavy (non-hydrogen) atoms. The largest absolute Gasteiger partial charge is 0.497 e. The summed E-state index contributed by atoms with van der Waals surface area (Å²) in [6.45, 7) is 1.49. The molecule has 0 aromatic heterocycles. The fourth-order valence-corrected chi connectivity index (χ4v) is 2.71. The van der Waals surface area contributed by atoms with Crippen molar-refractivity contribution in [3.63, 3.8) is 0 Å². The summed E-state index contributed by atoms with van der Waals surface area (Å²) in [6, 6.07) is 21.8. The van der Waals surface area contributed by atoms with Crippen molar-refractivity contribution in [2.75, 3.05) is 12.4 Å². The number of methoxy groups -OCH3 is 1. The topological polar surface area (TPSA) is 81.7 Å². The number of rotatable bonds is 7. The van der Waals surface area contributed by atoms with E-state index < -0.39 is 18.0 Å². The van der Waals surface area contributed by atoms with Gasteiger partial charge in [0.15, 0.2) is 11.9 Å². The van der Waals surface area contributed by atoms with Crippen LogP contribution in [-0.2, 0) is 9.53 Å². The summed E-state index contributed by atoms with van der Waals surface area (Å²) in [7, 11) is 1.55. The number of esters is 1. The van der Waals surface area contributed by atoms with Gasteiger partial charge in [-0.25, -0.2) is 4.79 Å². The lowest BCUT2D eigenvalue weighted by molar-refractivity contribution is -0.123. The van der Waals surface area contributed by atoms with Crippen molar-refractivity contribution in [2.45, 2.75) is 13.0 Å². The first-order valence-corrected chi connectivity index (χ1v) is 9.33. The standard InChI is InChI=1S/C24H21NO5/c1-16(23(27)25-20-12-14-21(29-2)15-13-20)30-24(28)19-10-8-18(9-11-19)22(26)17-6-4-3-5-7-17/h3-16H,1-2H3,(H,25,27)/t16-/m0/s1. The Bertz CT molecular complexity index is 1030. The molecule has 0 saturated carbocycles. The van der Waals surface area contributed by atoms with Crippen LogP contribution in [0.1, 0.15) is 33.2 Å². The summed E-state index contributed by atoms with van der Waals surface area (Å²) in [5, 5.41) is 2.68. The molecule has 0 bridgehead atoms. The highest BCUT2D eigenvalue weighted by atomic mass is 16.5. The molecule has 1 N–H and O–H groups in total. The smallest absolute Gasteiger partial charge is 0.338 e. The van der Waals surface area contributed by atoms with Crippen molar-refractivity contribution < 1.29 is 23.9 Å². The van der Waals surface area contributed by atoms with Crippen molar-refractivity contribution in [3.05, 3.63) is 95.6 Å². The van der Waals surface area contributed by atoms with Gasteiger partial charge in [0.05, 0.1) is 12.7 Å². The Labute approximate surface area is 174 Å². The zero-order chi connectivity index (χ0) is 21.5. The number of carbonyl (C=O) groups is 3. The monoisotopic (exact) mass is 403 g/mol. The minimum absolute atomic E-state index is 0.136. The predicted octanol–water partition coefficient (Wildman–Crippen LogP) is 4.11. The number of anilines is 1. The summed E-state index contributed by atoms with van der Waals surface area (Å²) in [5.41, 5.74) is 1.84. The second-order valence-corrected chi connectivity index (χ2v) is 6.54. The Morgan fingerprint density at radius 3 is 1.93 bits per heavy atom. The normalized spacial score (nSPS) is 11.3. The van der Waals surface area contributed by atoms with Crippen LogP contribution in [0.25, 0.3) is 0 Å². The van der Waals surface area contributed by atoms with Crippen molar-refractivity contribution in [3.8, 4) is 5.75 Å². The number of amides is 1. The quantitative estimate of drug-likeness (QED) is 0.474. The molecular weight excluding hydrogens is 382 g/mol. The zero-order valence-electron chi connectivity index (χ0n) is 16.6. The Morgan fingerprint density at radius 2 is 1.33 bits per heavy atom. The Morgan fingerprint density at radius 1 is 0.767 bits per heavy atom. The second kappa shape index (κ2) is 9.52. The van der Waals surface area contributed by atoms with Crippen molar-refractivity contribution in [2.24, 2.45) is 0 Å². The van der Waals surface area contributed by atoms with E-state index in [0.29, 0.717) is 22.6 Å². The number of carbonyl (C=O) groups excluding carboxylic acids is 3. The van der Waals surface area contributed by atoms with E-state index in [-0.39, 0.29) is 11.3 Å². The Kier molecular flexibility index (Phi) is 6.60. The molecule has 0 saturated heterocycles. The van der Waals surface area contributed by atoms with Gasteiger partial charge in [0.2, 0.25) is 0 Å². The molecule has 152 valence electrons. The molecular formula is C24H21NO5. The van der Waals surface area contributed by atoms with Gasteiger partial charge in [0.25, 0.3) is 5.91 Å². The SMILES string of the molecule is COc1ccc(NC(=O)[C@H](C)OC(=O)c2ccc(C(=O)c3ccccc3)cc2)cc1. The molecule has 0 unspecified atom stereocenters. The number of ether oxygens (including phenoxy) is 2. The van der Waals surface area contributed by atoms with Crippen LogP contribution >= 0.6 is 0 Å². The van der Waals surface area contributed by atoms with Crippen LogP contribution in [0.4, 0.5) is 5.69 Å². The summed E-state index contributed by atoms with van der Waals surface area (Å²) >= 11 is 0. The molecule has 0 radical (unpaired) electrons. The van der Waals surface area contributed by atoms with Gasteiger partial charge in [-0.3, -0.25) is 9.59 Å². The van der Waals surface area contributed by atoms with Crippen LogP contribution in [0.15, 0.2) is 78.9 Å². The maximum atomic E-state index is 12.4. The molecule has 0 heterocycles. The fourth-order valence-electron chi connectivity index (χ4n) is 2.71. The highest BCUT2D eigenvalue weighted by Gasteiger charge is 2.19. The van der Waals surface area contributed by atoms with Crippen LogP contribution < -0.4 is 10.1 Å². The van der Waals surface area contributed by atoms with Gasteiger partial charge in [-0.2, -0.15) is 0 Å². The van der Waals surface area contributed by atoms with Crippen LogP contribution in [0.3, 0.4) is 0 Å². The van der Waals surface area contributed by atoms with Gasteiger partial charge in [-0.05, 0) is 43.3 Å². The van der Waals surface area contributed by atoms with Crippen molar-refractivity contribution in [1.29, 1.82) is 0 Å². The third-order valence-electron chi connectivity index (χ3n) is 4.43. The first-order valence-electron chi connectivity index (χ1n) is 9.33. The third-order valence-corrected chi connectivity index (χ3v) is 4.43. The molecule has 0 fully saturated rings. The molecule has 0 aliphatic heterocycles. The molecule has 1 atom stereocenters. The second-order valence-electron chi connectivity index (χ2n) is 6.54. The van der Waals surface area contributed by atoms with E-state index in [9.17, 15) is 14.4 Å². The van der Waals surface area contributed by atoms with Crippen LogP contribution in [0.5, 0.6) is 5.75 Å². The van der Waals surface area contributed by atoms with E-state index in [2.05, 4.69) is 5.32 Å². The summed E-state index contributed by atoms with van der Waals surface area (Å²) < 4.78 is 10.3. The van der Waals surface area contributed by atoms with Gasteiger partial charge in [0.1, 0.15) is 5.75 Å². The lowest BCUT2D eigenvalue weighted by atomic mass is 10.0. The van der Waals surface area contributed by atoms with Crippen LogP contribution in [-0.4, -0.2) is 30.9 Å². The highest BCUT2D eigenvalue weighted by molar-refractivity contribution is 6.09. The van der Waals surface area contributed by atoms with Gasteiger partial charge in [0, 0.05) is 16.8 Å². The number of hydrogen-bond acceptors (Lipinski definition) is 5. The van der Waals surface area contributed by atoms with Crippen LogP contribution in [0, 0.1) is 0 Å². The summed E-state index contributed by atoms with van der Waals surface area (Å²) in [5.74, 6) is -0.570. The molecule has 0 spiro atoms. The van der Waals surface area contributed by atoms with Crippen molar-refractivity contribution in [1.82, 2.24) is 0 Å². The van der Waals surface area contributed by atoms with E-state index in [4.69, 9.17) is 9.47 Å². The number of hydrogen-bond donors (Lipinski definition) is 1.